The highest BCUT2D eigenvalue weighted by Gasteiger charge is 2.42. The Morgan fingerprint density at radius 1 is 1.19 bits per heavy atom. The van der Waals surface area contributed by atoms with Crippen molar-refractivity contribution in [1.29, 1.82) is 0 Å². The van der Waals surface area contributed by atoms with Gasteiger partial charge in [0, 0.05) is 26.3 Å². The standard InChI is InChI=1S/C17H30N2O2/c1-17(20,15-7-11-21-12-8-15)16-18-9-10-19(16)13-14-5-3-2-4-6-14/h14-15,20H,2-13H2,1H3. The Labute approximate surface area is 128 Å². The van der Waals surface area contributed by atoms with Gasteiger partial charge in [-0.2, -0.15) is 0 Å². The van der Waals surface area contributed by atoms with Gasteiger partial charge >= 0.3 is 0 Å². The Morgan fingerprint density at radius 2 is 1.90 bits per heavy atom. The molecule has 2 aliphatic heterocycles. The number of hydrogen-bond acceptors (Lipinski definition) is 4. The van der Waals surface area contributed by atoms with E-state index >= 15 is 0 Å². The van der Waals surface area contributed by atoms with Crippen LogP contribution in [0.1, 0.15) is 51.9 Å². The quantitative estimate of drug-likeness (QED) is 0.866. The molecule has 4 heteroatoms. The van der Waals surface area contributed by atoms with Gasteiger partial charge in [0.05, 0.1) is 6.54 Å². The molecule has 1 saturated carbocycles. The van der Waals surface area contributed by atoms with E-state index in [1.54, 1.807) is 0 Å². The number of ether oxygens (including phenoxy) is 1. The minimum Gasteiger partial charge on any atom is -0.382 e. The molecule has 0 amide bonds. The maximum Gasteiger partial charge on any atom is 0.131 e. The molecule has 4 nitrogen and oxygen atoms in total. The minimum absolute atomic E-state index is 0.289. The summed E-state index contributed by atoms with van der Waals surface area (Å²) in [5.74, 6) is 2.05. The molecule has 0 aromatic rings. The van der Waals surface area contributed by atoms with E-state index < -0.39 is 5.60 Å². The Morgan fingerprint density at radius 3 is 2.62 bits per heavy atom. The van der Waals surface area contributed by atoms with E-state index in [0.29, 0.717) is 0 Å². The van der Waals surface area contributed by atoms with Crippen LogP contribution in [0.2, 0.25) is 0 Å². The van der Waals surface area contributed by atoms with E-state index in [-0.39, 0.29) is 5.92 Å². The average molecular weight is 294 g/mol. The van der Waals surface area contributed by atoms with Gasteiger partial charge in [0.2, 0.25) is 0 Å². The predicted molar refractivity (Wildman–Crippen MR) is 84.6 cm³/mol. The van der Waals surface area contributed by atoms with Crippen molar-refractivity contribution < 1.29 is 9.84 Å². The smallest absolute Gasteiger partial charge is 0.131 e. The van der Waals surface area contributed by atoms with Crippen molar-refractivity contribution in [3.05, 3.63) is 0 Å². The Hall–Kier alpha value is -0.610. The molecule has 0 radical (unpaired) electrons. The summed E-state index contributed by atoms with van der Waals surface area (Å²) in [5, 5.41) is 11.1. The lowest BCUT2D eigenvalue weighted by Crippen LogP contribution is -2.52. The lowest BCUT2D eigenvalue weighted by Gasteiger charge is -2.40. The third-order valence-corrected chi connectivity index (χ3v) is 5.60. The zero-order valence-electron chi connectivity index (χ0n) is 13.4. The molecule has 1 N–H and O–H groups in total. The Kier molecular flexibility index (Phi) is 4.85. The van der Waals surface area contributed by atoms with E-state index in [0.717, 1.165) is 57.4 Å². The van der Waals surface area contributed by atoms with Crippen molar-refractivity contribution in [2.24, 2.45) is 16.8 Å². The van der Waals surface area contributed by atoms with Crippen molar-refractivity contribution in [1.82, 2.24) is 4.90 Å². The zero-order valence-corrected chi connectivity index (χ0v) is 13.4. The number of hydrogen-bond donors (Lipinski definition) is 1. The first-order valence-corrected chi connectivity index (χ1v) is 8.78. The predicted octanol–water partition coefficient (Wildman–Crippen LogP) is 2.46. The van der Waals surface area contributed by atoms with Crippen LogP contribution < -0.4 is 0 Å². The maximum atomic E-state index is 11.1. The second-order valence-electron chi connectivity index (χ2n) is 7.19. The normalized spacial score (nSPS) is 28.5. The largest absolute Gasteiger partial charge is 0.382 e. The molecule has 2 heterocycles. The molecular weight excluding hydrogens is 264 g/mol. The summed E-state index contributed by atoms with van der Waals surface area (Å²) in [7, 11) is 0. The van der Waals surface area contributed by atoms with Gasteiger partial charge in [0.25, 0.3) is 0 Å². The fourth-order valence-electron chi connectivity index (χ4n) is 4.26. The SMILES string of the molecule is CC(O)(C1=NCCN1CC1CCCCC1)C1CCOCC1. The summed E-state index contributed by atoms with van der Waals surface area (Å²) >= 11 is 0. The lowest BCUT2D eigenvalue weighted by atomic mass is 9.81. The maximum absolute atomic E-state index is 11.1. The fourth-order valence-corrected chi connectivity index (χ4v) is 4.26. The topological polar surface area (TPSA) is 45.1 Å². The van der Waals surface area contributed by atoms with E-state index in [1.165, 1.54) is 32.1 Å². The molecule has 1 saturated heterocycles. The first kappa shape index (κ1) is 15.3. The van der Waals surface area contributed by atoms with Crippen molar-refractivity contribution in [3.8, 4) is 0 Å². The highest BCUT2D eigenvalue weighted by molar-refractivity contribution is 5.91. The van der Waals surface area contributed by atoms with Gasteiger partial charge in [-0.25, -0.2) is 0 Å². The molecule has 2 fully saturated rings. The van der Waals surface area contributed by atoms with Crippen LogP contribution in [-0.4, -0.2) is 54.3 Å². The van der Waals surface area contributed by atoms with Crippen LogP contribution in [0.4, 0.5) is 0 Å². The van der Waals surface area contributed by atoms with Gasteiger partial charge < -0.3 is 14.7 Å². The van der Waals surface area contributed by atoms with Gasteiger partial charge in [0.1, 0.15) is 11.4 Å². The highest BCUT2D eigenvalue weighted by atomic mass is 16.5. The Balaban J connectivity index is 1.64. The van der Waals surface area contributed by atoms with E-state index in [4.69, 9.17) is 4.74 Å². The second-order valence-corrected chi connectivity index (χ2v) is 7.19. The zero-order chi connectivity index (χ0) is 14.7. The third-order valence-electron chi connectivity index (χ3n) is 5.60. The molecule has 1 atom stereocenters. The summed E-state index contributed by atoms with van der Waals surface area (Å²) in [5.41, 5.74) is -0.783. The first-order chi connectivity index (χ1) is 10.2. The van der Waals surface area contributed by atoms with Crippen molar-refractivity contribution >= 4 is 5.84 Å². The number of aliphatic imine (C=N–C) groups is 1. The van der Waals surface area contributed by atoms with Gasteiger partial charge in [-0.3, -0.25) is 4.99 Å². The lowest BCUT2D eigenvalue weighted by molar-refractivity contribution is -0.0183. The number of amidine groups is 1. The van der Waals surface area contributed by atoms with Gasteiger partial charge in [-0.15, -0.1) is 0 Å². The summed E-state index contributed by atoms with van der Waals surface area (Å²) in [6.45, 7) is 6.46. The van der Waals surface area contributed by atoms with E-state index in [1.807, 2.05) is 6.92 Å². The van der Waals surface area contributed by atoms with Crippen LogP contribution >= 0.6 is 0 Å². The van der Waals surface area contributed by atoms with Crippen molar-refractivity contribution in [2.75, 3.05) is 32.8 Å². The van der Waals surface area contributed by atoms with Crippen LogP contribution in [0.15, 0.2) is 4.99 Å². The van der Waals surface area contributed by atoms with Crippen LogP contribution in [0.3, 0.4) is 0 Å². The molecule has 120 valence electrons. The van der Waals surface area contributed by atoms with Crippen molar-refractivity contribution in [2.45, 2.75) is 57.5 Å². The molecule has 0 spiro atoms. The van der Waals surface area contributed by atoms with E-state index in [9.17, 15) is 5.11 Å². The van der Waals surface area contributed by atoms with Crippen LogP contribution in [0.5, 0.6) is 0 Å². The van der Waals surface area contributed by atoms with E-state index in [2.05, 4.69) is 9.89 Å². The number of nitrogens with zero attached hydrogens (tertiary/aromatic N) is 2. The third kappa shape index (κ3) is 3.42. The minimum atomic E-state index is -0.783. The summed E-state index contributed by atoms with van der Waals surface area (Å²) in [6, 6.07) is 0. The molecule has 1 aliphatic carbocycles. The first-order valence-electron chi connectivity index (χ1n) is 8.78. The molecule has 3 aliphatic rings. The van der Waals surface area contributed by atoms with Gasteiger partial charge in [-0.05, 0) is 44.4 Å². The highest BCUT2D eigenvalue weighted by Crippen LogP contribution is 2.32. The molecule has 3 rings (SSSR count). The number of aliphatic hydroxyl groups is 1. The molecule has 0 bridgehead atoms. The van der Waals surface area contributed by atoms with Crippen LogP contribution in [0.25, 0.3) is 0 Å². The number of rotatable bonds is 4. The molecule has 1 unspecified atom stereocenters. The molecular formula is C17H30N2O2. The summed E-state index contributed by atoms with van der Waals surface area (Å²) < 4.78 is 5.44. The second kappa shape index (κ2) is 6.66. The average Bonchev–Trinajstić information content (AvgIpc) is 2.98. The van der Waals surface area contributed by atoms with Gasteiger partial charge in [0.15, 0.2) is 0 Å². The van der Waals surface area contributed by atoms with Crippen LogP contribution in [-0.2, 0) is 4.74 Å². The van der Waals surface area contributed by atoms with Crippen molar-refractivity contribution in [3.63, 3.8) is 0 Å². The molecule has 0 aromatic carbocycles. The summed E-state index contributed by atoms with van der Waals surface area (Å²) in [4.78, 5) is 7.06. The van der Waals surface area contributed by atoms with Crippen LogP contribution in [0, 0.1) is 11.8 Å². The molecule has 0 aromatic heterocycles. The monoisotopic (exact) mass is 294 g/mol. The molecule has 21 heavy (non-hydrogen) atoms. The fraction of sp³-hybridized carbons (Fsp3) is 0.941. The summed E-state index contributed by atoms with van der Waals surface area (Å²) in [6.07, 6.45) is 8.75. The Bertz CT molecular complexity index is 369. The van der Waals surface area contributed by atoms with Gasteiger partial charge in [-0.1, -0.05) is 19.3 Å².